The highest BCUT2D eigenvalue weighted by Gasteiger charge is 2.28. The summed E-state index contributed by atoms with van der Waals surface area (Å²) in [5, 5.41) is 0. The average Bonchev–Trinajstić information content (AvgIpc) is 2.95. The van der Waals surface area contributed by atoms with Crippen LogP contribution in [0.25, 0.3) is 0 Å². The topological polar surface area (TPSA) is 72.6 Å². The largest absolute Gasteiger partial charge is 0.463 e. The van der Waals surface area contributed by atoms with Crippen molar-refractivity contribution in [3.63, 3.8) is 0 Å². The third-order valence-corrected chi connectivity index (χ3v) is 3.73. The van der Waals surface area contributed by atoms with Crippen molar-refractivity contribution in [1.82, 2.24) is 4.90 Å². The van der Waals surface area contributed by atoms with Gasteiger partial charge in [0.1, 0.15) is 6.61 Å². The molecule has 0 aliphatic carbocycles. The number of amides is 2. The molecule has 0 radical (unpaired) electrons. The van der Waals surface area contributed by atoms with Gasteiger partial charge in [-0.25, -0.2) is 13.6 Å². The van der Waals surface area contributed by atoms with E-state index in [2.05, 4.69) is 0 Å². The number of halogens is 2. The van der Waals surface area contributed by atoms with Gasteiger partial charge in [-0.2, -0.15) is 0 Å². The molecule has 120 valence electrons. The molecule has 2 amide bonds. The van der Waals surface area contributed by atoms with E-state index in [1.54, 1.807) is 0 Å². The first-order valence-corrected chi connectivity index (χ1v) is 7.13. The Morgan fingerprint density at radius 1 is 1.36 bits per heavy atom. The lowest BCUT2D eigenvalue weighted by atomic mass is 10.1. The lowest BCUT2D eigenvalue weighted by molar-refractivity contribution is -0.144. The van der Waals surface area contributed by atoms with Crippen molar-refractivity contribution in [2.75, 3.05) is 13.2 Å². The second kappa shape index (κ2) is 7.20. The molecule has 7 heteroatoms. The molecule has 2 rings (SSSR count). The fraction of sp³-hybridized carbons (Fsp3) is 0.467. The number of ether oxygens (including phenoxy) is 1. The van der Waals surface area contributed by atoms with E-state index in [1.165, 1.54) is 17.0 Å². The van der Waals surface area contributed by atoms with Gasteiger partial charge < -0.3 is 15.4 Å². The van der Waals surface area contributed by atoms with E-state index in [-0.39, 0.29) is 31.1 Å². The second-order valence-electron chi connectivity index (χ2n) is 5.22. The molecule has 0 bridgehead atoms. The number of carbonyl (C=O) groups excluding carboxylic acids is 2. The SMILES string of the molecule is NC(=O)N1CCCC1COC(=O)CCc1cccc(F)c1F. The molecule has 2 N–H and O–H groups in total. The minimum Gasteiger partial charge on any atom is -0.463 e. The molecule has 1 aliphatic heterocycles. The van der Waals surface area contributed by atoms with Gasteiger partial charge in [0.2, 0.25) is 0 Å². The number of nitrogens with two attached hydrogens (primary N) is 1. The predicted molar refractivity (Wildman–Crippen MR) is 74.9 cm³/mol. The quantitative estimate of drug-likeness (QED) is 0.845. The molecular formula is C15H18F2N2O3. The number of rotatable bonds is 5. The molecule has 0 spiro atoms. The van der Waals surface area contributed by atoms with E-state index < -0.39 is 23.6 Å². The summed E-state index contributed by atoms with van der Waals surface area (Å²) in [6.07, 6.45) is 1.56. The first kappa shape index (κ1) is 16.2. The third kappa shape index (κ3) is 3.93. The van der Waals surface area contributed by atoms with Crippen LogP contribution in [0.1, 0.15) is 24.8 Å². The van der Waals surface area contributed by atoms with Crippen LogP contribution in [0.5, 0.6) is 0 Å². The van der Waals surface area contributed by atoms with Gasteiger partial charge in [0.25, 0.3) is 0 Å². The summed E-state index contributed by atoms with van der Waals surface area (Å²) >= 11 is 0. The van der Waals surface area contributed by atoms with E-state index >= 15 is 0 Å². The fourth-order valence-electron chi connectivity index (χ4n) is 2.54. The third-order valence-electron chi connectivity index (χ3n) is 3.73. The lowest BCUT2D eigenvalue weighted by Crippen LogP contribution is -2.41. The van der Waals surface area contributed by atoms with Crippen LogP contribution in [0.4, 0.5) is 13.6 Å². The summed E-state index contributed by atoms with van der Waals surface area (Å²) in [5.41, 5.74) is 5.37. The maximum Gasteiger partial charge on any atom is 0.315 e. The van der Waals surface area contributed by atoms with E-state index in [0.29, 0.717) is 6.54 Å². The Morgan fingerprint density at radius 3 is 2.86 bits per heavy atom. The van der Waals surface area contributed by atoms with Crippen LogP contribution in [0.3, 0.4) is 0 Å². The van der Waals surface area contributed by atoms with Gasteiger partial charge in [-0.1, -0.05) is 12.1 Å². The number of aryl methyl sites for hydroxylation is 1. The maximum absolute atomic E-state index is 13.4. The number of benzene rings is 1. The molecule has 1 aromatic carbocycles. The highest BCUT2D eigenvalue weighted by molar-refractivity contribution is 5.73. The van der Waals surface area contributed by atoms with Crippen molar-refractivity contribution in [2.45, 2.75) is 31.7 Å². The van der Waals surface area contributed by atoms with Gasteiger partial charge >= 0.3 is 12.0 Å². The molecular weight excluding hydrogens is 294 g/mol. The lowest BCUT2D eigenvalue weighted by Gasteiger charge is -2.22. The molecule has 0 aromatic heterocycles. The van der Waals surface area contributed by atoms with Gasteiger partial charge in [-0.05, 0) is 30.9 Å². The number of urea groups is 1. The molecule has 1 saturated heterocycles. The smallest absolute Gasteiger partial charge is 0.315 e. The van der Waals surface area contributed by atoms with Crippen molar-refractivity contribution in [1.29, 1.82) is 0 Å². The van der Waals surface area contributed by atoms with Crippen LogP contribution >= 0.6 is 0 Å². The molecule has 1 aliphatic rings. The van der Waals surface area contributed by atoms with Crippen LogP contribution in [0.2, 0.25) is 0 Å². The summed E-state index contributed by atoms with van der Waals surface area (Å²) in [6.45, 7) is 0.638. The Kier molecular flexibility index (Phi) is 5.30. The Balaban J connectivity index is 1.79. The molecule has 1 aromatic rings. The predicted octanol–water partition coefficient (Wildman–Crippen LogP) is 1.98. The number of likely N-dealkylation sites (tertiary alicyclic amines) is 1. The number of hydrogen-bond acceptors (Lipinski definition) is 3. The zero-order chi connectivity index (χ0) is 16.1. The highest BCUT2D eigenvalue weighted by atomic mass is 19.2. The van der Waals surface area contributed by atoms with Crippen LogP contribution in [0, 0.1) is 11.6 Å². The summed E-state index contributed by atoms with van der Waals surface area (Å²) in [6, 6.07) is 3.11. The Morgan fingerprint density at radius 2 is 2.14 bits per heavy atom. The average molecular weight is 312 g/mol. The summed E-state index contributed by atoms with van der Waals surface area (Å²) in [5.74, 6) is -2.39. The number of esters is 1. The minimum atomic E-state index is -0.939. The van der Waals surface area contributed by atoms with Gasteiger partial charge in [-0.3, -0.25) is 4.79 Å². The second-order valence-corrected chi connectivity index (χ2v) is 5.22. The standard InChI is InChI=1S/C15H18F2N2O3/c16-12-5-1-3-10(14(12)17)6-7-13(20)22-9-11-4-2-8-19(11)15(18)21/h1,3,5,11H,2,4,6-9H2,(H2,18,21). The van der Waals surface area contributed by atoms with Crippen molar-refractivity contribution >= 4 is 12.0 Å². The first-order valence-electron chi connectivity index (χ1n) is 7.13. The summed E-state index contributed by atoms with van der Waals surface area (Å²) < 4.78 is 31.6. The minimum absolute atomic E-state index is 0.0519. The molecule has 1 heterocycles. The van der Waals surface area contributed by atoms with E-state index in [0.717, 1.165) is 18.9 Å². The van der Waals surface area contributed by atoms with E-state index in [4.69, 9.17) is 10.5 Å². The van der Waals surface area contributed by atoms with Crippen molar-refractivity contribution in [2.24, 2.45) is 5.73 Å². The molecule has 0 saturated carbocycles. The Hall–Kier alpha value is -2.18. The molecule has 1 unspecified atom stereocenters. The van der Waals surface area contributed by atoms with Gasteiger partial charge in [0, 0.05) is 13.0 Å². The Bertz CT molecular complexity index is 566. The number of nitrogens with zero attached hydrogens (tertiary/aromatic N) is 1. The monoisotopic (exact) mass is 312 g/mol. The zero-order valence-electron chi connectivity index (χ0n) is 12.1. The summed E-state index contributed by atoms with van der Waals surface area (Å²) in [7, 11) is 0. The number of hydrogen-bond donors (Lipinski definition) is 1. The van der Waals surface area contributed by atoms with Crippen LogP contribution in [-0.4, -0.2) is 36.1 Å². The number of carbonyl (C=O) groups is 2. The fourth-order valence-corrected chi connectivity index (χ4v) is 2.54. The zero-order valence-corrected chi connectivity index (χ0v) is 12.1. The van der Waals surface area contributed by atoms with E-state index in [1.807, 2.05) is 0 Å². The normalized spacial score (nSPS) is 17.5. The molecule has 1 fully saturated rings. The molecule has 22 heavy (non-hydrogen) atoms. The Labute approximate surface area is 127 Å². The number of primary amides is 1. The maximum atomic E-state index is 13.4. The van der Waals surface area contributed by atoms with Crippen LogP contribution in [0.15, 0.2) is 18.2 Å². The van der Waals surface area contributed by atoms with Gasteiger partial charge in [-0.15, -0.1) is 0 Å². The van der Waals surface area contributed by atoms with Gasteiger partial charge in [0.05, 0.1) is 6.04 Å². The van der Waals surface area contributed by atoms with Crippen molar-refractivity contribution in [3.8, 4) is 0 Å². The highest BCUT2D eigenvalue weighted by Crippen LogP contribution is 2.17. The van der Waals surface area contributed by atoms with Crippen molar-refractivity contribution in [3.05, 3.63) is 35.4 Å². The molecule has 1 atom stereocenters. The van der Waals surface area contributed by atoms with Crippen LogP contribution < -0.4 is 5.73 Å². The first-order chi connectivity index (χ1) is 10.5. The van der Waals surface area contributed by atoms with E-state index in [9.17, 15) is 18.4 Å². The van der Waals surface area contributed by atoms with Gasteiger partial charge in [0.15, 0.2) is 11.6 Å². The molecule has 5 nitrogen and oxygen atoms in total. The summed E-state index contributed by atoms with van der Waals surface area (Å²) in [4.78, 5) is 24.3. The van der Waals surface area contributed by atoms with Crippen LogP contribution in [-0.2, 0) is 16.0 Å². The van der Waals surface area contributed by atoms with Crippen molar-refractivity contribution < 1.29 is 23.1 Å².